The lowest BCUT2D eigenvalue weighted by atomic mass is 9.98. The summed E-state index contributed by atoms with van der Waals surface area (Å²) in [6, 6.07) is 5.54. The van der Waals surface area contributed by atoms with Gasteiger partial charge in [0.05, 0.1) is 6.61 Å². The predicted octanol–water partition coefficient (Wildman–Crippen LogP) is 1.84. The Kier molecular flexibility index (Phi) is 7.47. The van der Waals surface area contributed by atoms with Crippen LogP contribution in [0.4, 0.5) is 10.6 Å². The zero-order chi connectivity index (χ0) is 19.8. The molecule has 0 aromatic carbocycles. The number of nitrogens with one attached hydrogen (secondary N) is 3. The van der Waals surface area contributed by atoms with Crippen molar-refractivity contribution in [3.8, 4) is 0 Å². The summed E-state index contributed by atoms with van der Waals surface area (Å²) in [4.78, 5) is 30.5. The largest absolute Gasteiger partial charge is 0.450 e. The molecule has 0 aliphatic carbocycles. The number of ether oxygens (including phenoxy) is 1. The number of carbonyl (C=O) groups excluding carboxylic acids is 2. The molecule has 3 rings (SSSR count). The number of anilines is 1. The van der Waals surface area contributed by atoms with Crippen LogP contribution in [-0.2, 0) is 4.74 Å². The van der Waals surface area contributed by atoms with Crippen LogP contribution in [0.1, 0.15) is 43.1 Å². The van der Waals surface area contributed by atoms with Gasteiger partial charge in [0.1, 0.15) is 11.5 Å². The standard InChI is InChI=1S/C20H31N5O3/c1-2-28-20(27)25-12-8-16(9-13-25)23-19(26)17-4-3-5-18(24-17)22-14-15-6-10-21-11-7-15/h3-5,15-16,21H,2,6-14H2,1H3,(H,22,24)(H,23,26). The van der Waals surface area contributed by atoms with Gasteiger partial charge in [0.15, 0.2) is 0 Å². The molecule has 28 heavy (non-hydrogen) atoms. The molecule has 0 saturated carbocycles. The van der Waals surface area contributed by atoms with Gasteiger partial charge in [0.25, 0.3) is 5.91 Å². The number of likely N-dealkylation sites (tertiary alicyclic amines) is 1. The molecule has 2 saturated heterocycles. The Bertz CT molecular complexity index is 655. The van der Waals surface area contributed by atoms with Crippen LogP contribution in [0.3, 0.4) is 0 Å². The van der Waals surface area contributed by atoms with Crippen LogP contribution in [0.5, 0.6) is 0 Å². The first-order valence-corrected chi connectivity index (χ1v) is 10.3. The van der Waals surface area contributed by atoms with Gasteiger partial charge in [-0.25, -0.2) is 9.78 Å². The van der Waals surface area contributed by atoms with Gasteiger partial charge in [0, 0.05) is 25.7 Å². The van der Waals surface area contributed by atoms with E-state index in [2.05, 4.69) is 20.9 Å². The van der Waals surface area contributed by atoms with E-state index in [0.717, 1.165) is 51.1 Å². The van der Waals surface area contributed by atoms with Crippen molar-refractivity contribution in [3.05, 3.63) is 23.9 Å². The van der Waals surface area contributed by atoms with Crippen molar-refractivity contribution in [2.45, 2.75) is 38.6 Å². The van der Waals surface area contributed by atoms with Crippen LogP contribution in [0.25, 0.3) is 0 Å². The third-order valence-electron chi connectivity index (χ3n) is 5.37. The maximum absolute atomic E-state index is 12.6. The monoisotopic (exact) mass is 389 g/mol. The number of rotatable bonds is 6. The van der Waals surface area contributed by atoms with E-state index in [4.69, 9.17) is 4.74 Å². The molecule has 0 atom stereocenters. The van der Waals surface area contributed by atoms with Gasteiger partial charge in [0.2, 0.25) is 0 Å². The van der Waals surface area contributed by atoms with Crippen molar-refractivity contribution in [3.63, 3.8) is 0 Å². The molecule has 8 heteroatoms. The number of hydrogen-bond acceptors (Lipinski definition) is 6. The van der Waals surface area contributed by atoms with Gasteiger partial charge in [-0.2, -0.15) is 0 Å². The van der Waals surface area contributed by atoms with Gasteiger partial charge >= 0.3 is 6.09 Å². The van der Waals surface area contributed by atoms with Gasteiger partial charge in [-0.1, -0.05) is 6.07 Å². The highest BCUT2D eigenvalue weighted by Gasteiger charge is 2.25. The minimum absolute atomic E-state index is 0.0475. The van der Waals surface area contributed by atoms with Crippen LogP contribution >= 0.6 is 0 Å². The van der Waals surface area contributed by atoms with Gasteiger partial charge in [-0.3, -0.25) is 4.79 Å². The number of nitrogens with zero attached hydrogens (tertiary/aromatic N) is 2. The van der Waals surface area contributed by atoms with Crippen molar-refractivity contribution in [2.24, 2.45) is 5.92 Å². The van der Waals surface area contributed by atoms with E-state index in [1.807, 2.05) is 12.1 Å². The Labute approximate surface area is 166 Å². The lowest BCUT2D eigenvalue weighted by Crippen LogP contribution is -2.46. The first-order valence-electron chi connectivity index (χ1n) is 10.3. The molecule has 0 bridgehead atoms. The highest BCUT2D eigenvalue weighted by molar-refractivity contribution is 5.92. The number of pyridine rings is 1. The van der Waals surface area contributed by atoms with Crippen LogP contribution in [0.15, 0.2) is 18.2 Å². The molecule has 8 nitrogen and oxygen atoms in total. The average Bonchev–Trinajstić information content (AvgIpc) is 2.74. The molecule has 1 aromatic rings. The second-order valence-electron chi connectivity index (χ2n) is 7.42. The molecular formula is C20H31N5O3. The Balaban J connectivity index is 1.46. The Morgan fingerprint density at radius 1 is 1.21 bits per heavy atom. The first kappa shape index (κ1) is 20.4. The summed E-state index contributed by atoms with van der Waals surface area (Å²) in [5.41, 5.74) is 0.420. The fourth-order valence-electron chi connectivity index (χ4n) is 3.67. The van der Waals surface area contributed by atoms with E-state index >= 15 is 0 Å². The summed E-state index contributed by atoms with van der Waals surface area (Å²) >= 11 is 0. The zero-order valence-electron chi connectivity index (χ0n) is 16.6. The lowest BCUT2D eigenvalue weighted by molar-refractivity contribution is 0.0856. The Morgan fingerprint density at radius 2 is 1.96 bits per heavy atom. The molecule has 1 aromatic heterocycles. The quantitative estimate of drug-likeness (QED) is 0.687. The minimum atomic E-state index is -0.276. The van der Waals surface area contributed by atoms with E-state index < -0.39 is 0 Å². The second kappa shape index (κ2) is 10.3. The van der Waals surface area contributed by atoms with E-state index in [0.29, 0.717) is 31.3 Å². The van der Waals surface area contributed by atoms with Crippen molar-refractivity contribution in [1.82, 2.24) is 20.5 Å². The lowest BCUT2D eigenvalue weighted by Gasteiger charge is -2.31. The van der Waals surface area contributed by atoms with Gasteiger partial charge < -0.3 is 25.6 Å². The normalized spacial score (nSPS) is 18.5. The van der Waals surface area contributed by atoms with Crippen molar-refractivity contribution < 1.29 is 14.3 Å². The third-order valence-corrected chi connectivity index (χ3v) is 5.37. The summed E-state index contributed by atoms with van der Waals surface area (Å²) in [7, 11) is 0. The fraction of sp³-hybridized carbons (Fsp3) is 0.650. The summed E-state index contributed by atoms with van der Waals surface area (Å²) < 4.78 is 5.03. The molecule has 2 aliphatic rings. The number of piperidine rings is 2. The zero-order valence-corrected chi connectivity index (χ0v) is 16.6. The molecule has 2 fully saturated rings. The van der Waals surface area contributed by atoms with E-state index in [9.17, 15) is 9.59 Å². The predicted molar refractivity (Wildman–Crippen MR) is 107 cm³/mol. The number of amides is 2. The molecule has 3 heterocycles. The summed E-state index contributed by atoms with van der Waals surface area (Å²) in [5.74, 6) is 1.22. The van der Waals surface area contributed by atoms with Crippen LogP contribution in [0.2, 0.25) is 0 Å². The molecule has 3 N–H and O–H groups in total. The molecule has 154 valence electrons. The van der Waals surface area contributed by atoms with E-state index in [1.54, 1.807) is 17.9 Å². The highest BCUT2D eigenvalue weighted by atomic mass is 16.6. The number of aromatic nitrogens is 1. The molecule has 0 radical (unpaired) electrons. The Hall–Kier alpha value is -2.35. The number of hydrogen-bond donors (Lipinski definition) is 3. The molecule has 0 unspecified atom stereocenters. The maximum Gasteiger partial charge on any atom is 0.409 e. The SMILES string of the molecule is CCOC(=O)N1CCC(NC(=O)c2cccc(NCC3CCNCC3)n2)CC1. The van der Waals surface area contributed by atoms with Crippen molar-refractivity contribution in [1.29, 1.82) is 0 Å². The molecule has 0 spiro atoms. The molecular weight excluding hydrogens is 358 g/mol. The highest BCUT2D eigenvalue weighted by Crippen LogP contribution is 2.15. The fourth-order valence-corrected chi connectivity index (χ4v) is 3.67. The van der Waals surface area contributed by atoms with E-state index in [1.165, 1.54) is 0 Å². The van der Waals surface area contributed by atoms with Gasteiger partial charge in [-0.15, -0.1) is 0 Å². The third kappa shape index (κ3) is 5.82. The summed E-state index contributed by atoms with van der Waals surface area (Å²) in [6.45, 7) is 6.38. The van der Waals surface area contributed by atoms with Crippen molar-refractivity contribution in [2.75, 3.05) is 44.6 Å². The molecule has 2 aliphatic heterocycles. The first-order chi connectivity index (χ1) is 13.7. The summed E-state index contributed by atoms with van der Waals surface area (Å²) in [6.07, 6.45) is 3.49. The topological polar surface area (TPSA) is 95.6 Å². The van der Waals surface area contributed by atoms with Gasteiger partial charge in [-0.05, 0) is 63.7 Å². The second-order valence-corrected chi connectivity index (χ2v) is 7.42. The minimum Gasteiger partial charge on any atom is -0.450 e. The van der Waals surface area contributed by atoms with Crippen molar-refractivity contribution >= 4 is 17.8 Å². The van der Waals surface area contributed by atoms with Crippen LogP contribution in [0, 0.1) is 5.92 Å². The van der Waals surface area contributed by atoms with E-state index in [-0.39, 0.29) is 18.0 Å². The van der Waals surface area contributed by atoms with Crippen LogP contribution < -0.4 is 16.0 Å². The summed E-state index contributed by atoms with van der Waals surface area (Å²) in [5, 5.41) is 9.78. The number of carbonyl (C=O) groups is 2. The van der Waals surface area contributed by atoms with Crippen LogP contribution in [-0.4, -0.2) is 67.3 Å². The maximum atomic E-state index is 12.6. The average molecular weight is 390 g/mol. The molecule has 2 amide bonds. The Morgan fingerprint density at radius 3 is 2.68 bits per heavy atom. The smallest absolute Gasteiger partial charge is 0.409 e.